The Morgan fingerprint density at radius 2 is 0.865 bits per heavy atom. The Morgan fingerprint density at radius 3 is 1.27 bits per heavy atom. The second kappa shape index (κ2) is 34.1. The van der Waals surface area contributed by atoms with E-state index in [9.17, 15) is 77.8 Å². The molecule has 4 rings (SSSR count). The van der Waals surface area contributed by atoms with Crippen molar-refractivity contribution in [3.8, 4) is 0 Å². The van der Waals surface area contributed by atoms with Gasteiger partial charge in [-0.3, -0.25) is 0 Å². The predicted molar refractivity (Wildman–Crippen MR) is 253 cm³/mol. The molecule has 0 spiro atoms. The Bertz CT molecular complexity index is 2940. The fourth-order valence-electron chi connectivity index (χ4n) is 8.70. The van der Waals surface area contributed by atoms with E-state index >= 15 is 0 Å². The molecule has 2 aliphatic rings. The van der Waals surface area contributed by atoms with Gasteiger partial charge in [-0.15, -0.1) is 0 Å². The number of allylic oxidation sites excluding steroid dienone is 4. The average molecular weight is 1280 g/mol. The molecule has 0 aromatic heterocycles. The average Bonchev–Trinajstić information content (AvgIpc) is 3.51. The van der Waals surface area contributed by atoms with Crippen LogP contribution in [-0.4, -0.2) is 162 Å². The van der Waals surface area contributed by atoms with Crippen LogP contribution in [0.2, 0.25) is 0 Å². The van der Waals surface area contributed by atoms with E-state index in [0.717, 1.165) is 0 Å². The molecule has 2 heterocycles. The topological polar surface area (TPSA) is 356 Å². The molecule has 0 N–H and O–H groups in total. The molecule has 0 amide bonds. The molecule has 0 saturated carbocycles. The minimum absolute atomic E-state index is 0. The van der Waals surface area contributed by atoms with Gasteiger partial charge in [-0.2, -0.15) is 4.58 Å². The van der Waals surface area contributed by atoms with Gasteiger partial charge in [0.1, 0.15) is 6.54 Å². The molecule has 0 aliphatic carbocycles. The van der Waals surface area contributed by atoms with Gasteiger partial charge in [0.15, 0.2) is 5.71 Å². The summed E-state index contributed by atoms with van der Waals surface area (Å²) < 4.78 is 209. The van der Waals surface area contributed by atoms with Crippen molar-refractivity contribution >= 4 is 89.2 Å². The monoisotopic (exact) mass is 1280 g/mol. The summed E-state index contributed by atoms with van der Waals surface area (Å²) in [6.45, 7) is 7.70. The van der Waals surface area contributed by atoms with Gasteiger partial charge in [-0.1, -0.05) is 19.9 Å². The van der Waals surface area contributed by atoms with E-state index in [-0.39, 0.29) is 335 Å². The molecular weight excluding hydrogens is 1220 g/mol. The predicted octanol–water partition coefficient (Wildman–Crippen LogP) is -13.5. The van der Waals surface area contributed by atoms with Crippen LogP contribution in [0, 0.1) is 0 Å². The van der Waals surface area contributed by atoms with Crippen LogP contribution in [0.4, 0.5) is 22.7 Å². The summed E-state index contributed by atoms with van der Waals surface area (Å²) >= 11 is 0. The molecule has 0 saturated heterocycles. The second-order valence-corrected chi connectivity index (χ2v) is 27.1. The van der Waals surface area contributed by atoms with Crippen molar-refractivity contribution in [2.45, 2.75) is 77.0 Å². The summed E-state index contributed by atoms with van der Waals surface area (Å²) in [4.78, 5) is 5.15. The summed E-state index contributed by atoms with van der Waals surface area (Å²) in [5, 5.41) is 0. The van der Waals surface area contributed by atoms with Crippen molar-refractivity contribution in [3.63, 3.8) is 0 Å². The van der Waals surface area contributed by atoms with E-state index in [0.29, 0.717) is 45.3 Å². The first-order valence-corrected chi connectivity index (χ1v) is 31.2. The molecule has 0 bridgehead atoms. The molecule has 2 aliphatic heterocycles. The maximum absolute atomic E-state index is 11.7. The van der Waals surface area contributed by atoms with Gasteiger partial charge in [0, 0.05) is 120 Å². The standard InChI is InChI=1S/C41H62N4O18S6.5K/c1-40(2)34-30-32(42(18-6-24-64(46,47)48)19-7-25-65(49,50)51)14-16-36(34)44(22-10-28-68(58,59)60)38(40)12-5-13-39-41(3,4)35-31-33(15-17-37(35)45(39)23-11-29-69(61,62)63)43(20-8-26-66(52,53)54)21-9-27-67(55,56)57;;;;;/h5,12-17,30-31H,6-11,18-29H2,1-4H3,(H5-,46,47,48,49,50,51,52,53,54,55,56,57,58,59,60,61,62,63);;;;;/q;5*+1/p-5. The van der Waals surface area contributed by atoms with Gasteiger partial charge in [-0.05, 0) is 87.9 Å². The smallest absolute Gasteiger partial charge is 0.748 e. The molecule has 0 unspecified atom stereocenters. The maximum Gasteiger partial charge on any atom is 1.00 e. The summed E-state index contributed by atoms with van der Waals surface area (Å²) in [6.07, 6.45) is 4.72. The van der Waals surface area contributed by atoms with Crippen LogP contribution in [0.5, 0.6) is 0 Å². The third-order valence-electron chi connectivity index (χ3n) is 11.8. The molecule has 22 nitrogen and oxygen atoms in total. The molecular formula is C41H57K5N4O18S6. The van der Waals surface area contributed by atoms with Crippen LogP contribution in [-0.2, 0) is 71.5 Å². The molecule has 0 atom stereocenters. The van der Waals surface area contributed by atoms with Crippen LogP contribution < -0.4 is 272 Å². The summed E-state index contributed by atoms with van der Waals surface area (Å²) in [5.74, 6) is -4.12. The Labute approximate surface area is 650 Å². The molecule has 0 radical (unpaired) electrons. The molecule has 0 fully saturated rings. The fourth-order valence-corrected chi connectivity index (χ4v) is 11.6. The minimum atomic E-state index is -4.61. The van der Waals surface area contributed by atoms with E-state index in [1.807, 2.05) is 37.2 Å². The van der Waals surface area contributed by atoms with Crippen molar-refractivity contribution < 1.29 is 339 Å². The number of hydrogen-bond donors (Lipinski definition) is 0. The van der Waals surface area contributed by atoms with Gasteiger partial charge >= 0.3 is 257 Å². The molecule has 390 valence electrons. The quantitative estimate of drug-likeness (QED) is 0.0434. The molecule has 2 aromatic rings. The number of benzene rings is 2. The van der Waals surface area contributed by atoms with Crippen molar-refractivity contribution in [2.75, 3.05) is 88.5 Å². The Kier molecular flexibility index (Phi) is 37.2. The van der Waals surface area contributed by atoms with Crippen molar-refractivity contribution in [2.24, 2.45) is 0 Å². The summed E-state index contributed by atoms with van der Waals surface area (Å²) in [7, 11) is -27.5. The first kappa shape index (κ1) is 80.7. The van der Waals surface area contributed by atoms with Gasteiger partial charge in [0.2, 0.25) is 5.69 Å². The largest absolute Gasteiger partial charge is 1.00 e. The van der Waals surface area contributed by atoms with Gasteiger partial charge in [0.05, 0.1) is 66.1 Å². The Morgan fingerprint density at radius 1 is 0.500 bits per heavy atom. The van der Waals surface area contributed by atoms with Crippen LogP contribution in [0.15, 0.2) is 60.3 Å². The number of nitrogens with zero attached hydrogens (tertiary/aromatic N) is 4. The zero-order valence-corrected chi connectivity index (χ0v) is 64.0. The minimum Gasteiger partial charge on any atom is -0.748 e. The molecule has 2 aromatic carbocycles. The van der Waals surface area contributed by atoms with Gasteiger partial charge < -0.3 is 42.0 Å². The van der Waals surface area contributed by atoms with Crippen molar-refractivity contribution in [1.29, 1.82) is 0 Å². The fraction of sp³-hybridized carbons (Fsp3) is 0.585. The van der Waals surface area contributed by atoms with Gasteiger partial charge in [0.25, 0.3) is 0 Å². The van der Waals surface area contributed by atoms with E-state index in [1.54, 1.807) is 64.4 Å². The third-order valence-corrected chi connectivity index (χ3v) is 16.6. The SMILES string of the molecule is CC1(C)C(C=C/C=C2/N(CCCS(=O)(=O)[O-])c3ccc(N(CCCS(=O)(=O)[O-])CCCS(=O)(=O)[O-])cc3C2(C)C)=[N+](CCCS(=O)(=O)[O-])c2ccc(N(CCCS(=O)(=O)[O-])CCCS(=O)(=O)[O-])cc21.[K+].[K+].[K+].[K+].[K+]. The first-order valence-electron chi connectivity index (χ1n) is 21.7. The number of fused-ring (bicyclic) bond motifs is 2. The Hall–Kier alpha value is 4.63. The van der Waals surface area contributed by atoms with Crippen LogP contribution >= 0.6 is 0 Å². The van der Waals surface area contributed by atoms with Crippen LogP contribution in [0.25, 0.3) is 0 Å². The molecule has 33 heteroatoms. The van der Waals surface area contributed by atoms with E-state index in [4.69, 9.17) is 0 Å². The first-order chi connectivity index (χ1) is 31.5. The Balaban J connectivity index is 0. The van der Waals surface area contributed by atoms with E-state index in [2.05, 4.69) is 0 Å². The normalized spacial score (nSPS) is 15.8. The zero-order valence-electron chi connectivity index (χ0n) is 43.5. The second-order valence-electron chi connectivity index (χ2n) is 17.9. The number of hydrogen-bond acceptors (Lipinski definition) is 21. The van der Waals surface area contributed by atoms with E-state index < -0.39 is 106 Å². The summed E-state index contributed by atoms with van der Waals surface area (Å²) in [6, 6.07) is 10.4. The zero-order chi connectivity index (χ0) is 52.0. The van der Waals surface area contributed by atoms with Crippen molar-refractivity contribution in [3.05, 3.63) is 71.5 Å². The number of anilines is 3. The van der Waals surface area contributed by atoms with Crippen LogP contribution in [0.1, 0.15) is 77.3 Å². The van der Waals surface area contributed by atoms with Crippen LogP contribution in [0.3, 0.4) is 0 Å². The van der Waals surface area contributed by atoms with Crippen molar-refractivity contribution in [1.82, 2.24) is 0 Å². The van der Waals surface area contributed by atoms with Gasteiger partial charge in [-0.25, -0.2) is 50.5 Å². The maximum atomic E-state index is 11.7. The number of rotatable bonds is 28. The van der Waals surface area contributed by atoms with E-state index in [1.165, 1.54) is 0 Å². The molecule has 74 heavy (non-hydrogen) atoms. The summed E-state index contributed by atoms with van der Waals surface area (Å²) in [5.41, 5.74) is 3.17. The third kappa shape index (κ3) is 27.3.